The first-order valence-electron chi connectivity index (χ1n) is 6.64. The number of hydrogen-bond acceptors (Lipinski definition) is 4. The summed E-state index contributed by atoms with van der Waals surface area (Å²) in [6.45, 7) is 0.337. The maximum atomic E-state index is 11.0. The lowest BCUT2D eigenvalue weighted by Gasteiger charge is -2.07. The number of methoxy groups -OCH3 is 1. The fourth-order valence-electron chi connectivity index (χ4n) is 2.15. The normalized spacial score (nSPS) is 10.6. The van der Waals surface area contributed by atoms with E-state index >= 15 is 0 Å². The van der Waals surface area contributed by atoms with Crippen LogP contribution >= 0.6 is 0 Å². The number of benzene rings is 1. The van der Waals surface area contributed by atoms with Gasteiger partial charge < -0.3 is 19.6 Å². The Morgan fingerprint density at radius 3 is 2.86 bits per heavy atom. The van der Waals surface area contributed by atoms with Crippen LogP contribution in [0, 0.1) is 0 Å². The van der Waals surface area contributed by atoms with Crippen LogP contribution in [-0.2, 0) is 6.61 Å². The highest BCUT2D eigenvalue weighted by Crippen LogP contribution is 2.27. The van der Waals surface area contributed by atoms with E-state index in [2.05, 4.69) is 9.97 Å². The summed E-state index contributed by atoms with van der Waals surface area (Å²) in [4.78, 5) is 18.0. The molecule has 2 N–H and O–H groups in total. The Bertz CT molecular complexity index is 809. The van der Waals surface area contributed by atoms with Gasteiger partial charge in [0, 0.05) is 28.7 Å². The van der Waals surface area contributed by atoms with Crippen LogP contribution in [0.15, 0.2) is 42.6 Å². The first kappa shape index (κ1) is 13.9. The molecular formula is C16H14N2O4. The SMILES string of the molecule is COc1ccc(COc2cccc3[nH]c(C(=O)O)cc23)cn1. The molecule has 112 valence electrons. The van der Waals surface area contributed by atoms with Crippen LogP contribution in [0.5, 0.6) is 11.6 Å². The zero-order chi connectivity index (χ0) is 15.5. The molecule has 0 amide bonds. The summed E-state index contributed by atoms with van der Waals surface area (Å²) >= 11 is 0. The topological polar surface area (TPSA) is 84.4 Å². The zero-order valence-electron chi connectivity index (χ0n) is 11.9. The largest absolute Gasteiger partial charge is 0.488 e. The van der Waals surface area contributed by atoms with Crippen LogP contribution in [0.2, 0.25) is 0 Å². The van der Waals surface area contributed by atoms with Gasteiger partial charge in [0.2, 0.25) is 5.88 Å². The van der Waals surface area contributed by atoms with Crippen molar-refractivity contribution in [3.63, 3.8) is 0 Å². The Morgan fingerprint density at radius 2 is 2.18 bits per heavy atom. The minimum atomic E-state index is -0.999. The number of carboxylic acids is 1. The van der Waals surface area contributed by atoms with Gasteiger partial charge in [0.25, 0.3) is 0 Å². The summed E-state index contributed by atoms with van der Waals surface area (Å²) in [5.74, 6) is 0.168. The summed E-state index contributed by atoms with van der Waals surface area (Å²) < 4.78 is 10.8. The highest BCUT2D eigenvalue weighted by molar-refractivity contribution is 5.96. The average molecular weight is 298 g/mol. The van der Waals surface area contributed by atoms with E-state index in [9.17, 15) is 4.79 Å². The van der Waals surface area contributed by atoms with Crippen molar-refractivity contribution in [1.29, 1.82) is 0 Å². The van der Waals surface area contributed by atoms with Crippen LogP contribution in [0.3, 0.4) is 0 Å². The molecule has 2 aromatic heterocycles. The second-order valence-electron chi connectivity index (χ2n) is 4.70. The van der Waals surface area contributed by atoms with Crippen molar-refractivity contribution in [2.24, 2.45) is 0 Å². The molecule has 0 aliphatic heterocycles. The van der Waals surface area contributed by atoms with E-state index in [4.69, 9.17) is 14.6 Å². The van der Waals surface area contributed by atoms with Gasteiger partial charge in [0.1, 0.15) is 18.1 Å². The molecule has 1 aromatic carbocycles. The molecule has 0 bridgehead atoms. The number of fused-ring (bicyclic) bond motifs is 1. The quantitative estimate of drug-likeness (QED) is 0.756. The summed E-state index contributed by atoms with van der Waals surface area (Å²) in [6, 6.07) is 10.6. The third-order valence-electron chi connectivity index (χ3n) is 3.26. The van der Waals surface area contributed by atoms with Gasteiger partial charge in [-0.1, -0.05) is 6.07 Å². The number of nitrogens with zero attached hydrogens (tertiary/aromatic N) is 1. The van der Waals surface area contributed by atoms with Gasteiger partial charge in [-0.2, -0.15) is 0 Å². The van der Waals surface area contributed by atoms with Gasteiger partial charge >= 0.3 is 5.97 Å². The first-order chi connectivity index (χ1) is 10.7. The number of hydrogen-bond donors (Lipinski definition) is 2. The van der Waals surface area contributed by atoms with Gasteiger partial charge in [0.15, 0.2) is 0 Å². The maximum Gasteiger partial charge on any atom is 0.352 e. The molecular weight excluding hydrogens is 284 g/mol. The minimum Gasteiger partial charge on any atom is -0.488 e. The van der Waals surface area contributed by atoms with Gasteiger partial charge in [0.05, 0.1) is 7.11 Å². The number of rotatable bonds is 5. The predicted molar refractivity (Wildman–Crippen MR) is 80.4 cm³/mol. The van der Waals surface area contributed by atoms with E-state index in [0.717, 1.165) is 16.5 Å². The number of ether oxygens (including phenoxy) is 2. The van der Waals surface area contributed by atoms with Crippen molar-refractivity contribution >= 4 is 16.9 Å². The molecule has 0 saturated carbocycles. The maximum absolute atomic E-state index is 11.0. The standard InChI is InChI=1S/C16H14N2O4/c1-21-15-6-5-10(8-17-15)9-22-14-4-2-3-12-11(14)7-13(18-12)16(19)20/h2-8,18H,9H2,1H3,(H,19,20). The predicted octanol–water partition coefficient (Wildman–Crippen LogP) is 2.85. The lowest BCUT2D eigenvalue weighted by atomic mass is 10.2. The van der Waals surface area contributed by atoms with E-state index in [-0.39, 0.29) is 5.69 Å². The molecule has 0 radical (unpaired) electrons. The van der Waals surface area contributed by atoms with Crippen molar-refractivity contribution in [2.45, 2.75) is 6.61 Å². The molecule has 22 heavy (non-hydrogen) atoms. The number of carbonyl (C=O) groups is 1. The molecule has 6 nitrogen and oxygen atoms in total. The molecule has 0 aliphatic rings. The van der Waals surface area contributed by atoms with Crippen LogP contribution < -0.4 is 9.47 Å². The Hall–Kier alpha value is -3.02. The fraction of sp³-hybridized carbons (Fsp3) is 0.125. The number of pyridine rings is 1. The number of carboxylic acid groups (broad SMARTS) is 1. The van der Waals surface area contributed by atoms with Gasteiger partial charge in [-0.15, -0.1) is 0 Å². The Kier molecular flexibility index (Phi) is 3.65. The van der Waals surface area contributed by atoms with Crippen molar-refractivity contribution in [1.82, 2.24) is 9.97 Å². The number of aromatic carboxylic acids is 1. The average Bonchev–Trinajstić information content (AvgIpc) is 2.98. The molecule has 2 heterocycles. The lowest BCUT2D eigenvalue weighted by Crippen LogP contribution is -1.97. The molecule has 0 saturated heterocycles. The number of aromatic amines is 1. The summed E-state index contributed by atoms with van der Waals surface area (Å²) in [6.07, 6.45) is 1.68. The third-order valence-corrected chi connectivity index (χ3v) is 3.26. The van der Waals surface area contributed by atoms with Crippen molar-refractivity contribution in [2.75, 3.05) is 7.11 Å². The van der Waals surface area contributed by atoms with E-state index in [1.165, 1.54) is 0 Å². The highest BCUT2D eigenvalue weighted by Gasteiger charge is 2.11. The molecule has 3 aromatic rings. The van der Waals surface area contributed by atoms with Crippen molar-refractivity contribution < 1.29 is 19.4 Å². The minimum absolute atomic E-state index is 0.136. The van der Waals surface area contributed by atoms with E-state index < -0.39 is 5.97 Å². The number of H-pyrrole nitrogens is 1. The Morgan fingerprint density at radius 1 is 1.32 bits per heavy atom. The van der Waals surface area contributed by atoms with Crippen molar-refractivity contribution in [3.05, 3.63) is 53.9 Å². The zero-order valence-corrected chi connectivity index (χ0v) is 11.9. The molecule has 0 unspecified atom stereocenters. The van der Waals surface area contributed by atoms with Gasteiger partial charge in [-0.05, 0) is 24.3 Å². The smallest absolute Gasteiger partial charge is 0.352 e. The third kappa shape index (κ3) is 2.71. The Balaban J connectivity index is 1.82. The molecule has 0 atom stereocenters. The second kappa shape index (κ2) is 5.77. The van der Waals surface area contributed by atoms with Crippen LogP contribution in [-0.4, -0.2) is 28.2 Å². The second-order valence-corrected chi connectivity index (χ2v) is 4.70. The molecule has 6 heteroatoms. The summed E-state index contributed by atoms with van der Waals surface area (Å²) in [7, 11) is 1.56. The van der Waals surface area contributed by atoms with Crippen LogP contribution in [0.1, 0.15) is 16.1 Å². The molecule has 0 spiro atoms. The molecule has 0 aliphatic carbocycles. The first-order valence-corrected chi connectivity index (χ1v) is 6.64. The van der Waals surface area contributed by atoms with Gasteiger partial charge in [-0.3, -0.25) is 0 Å². The Labute approximate surface area is 126 Å². The van der Waals surface area contributed by atoms with E-state index in [1.807, 2.05) is 18.2 Å². The number of nitrogens with one attached hydrogen (secondary N) is 1. The van der Waals surface area contributed by atoms with Crippen molar-refractivity contribution in [3.8, 4) is 11.6 Å². The van der Waals surface area contributed by atoms with E-state index in [1.54, 1.807) is 31.5 Å². The highest BCUT2D eigenvalue weighted by atomic mass is 16.5. The molecule has 0 fully saturated rings. The summed E-state index contributed by atoms with van der Waals surface area (Å²) in [5, 5.41) is 9.78. The number of aromatic nitrogens is 2. The fourth-order valence-corrected chi connectivity index (χ4v) is 2.15. The van der Waals surface area contributed by atoms with Crippen LogP contribution in [0.25, 0.3) is 10.9 Å². The lowest BCUT2D eigenvalue weighted by molar-refractivity contribution is 0.0691. The summed E-state index contributed by atoms with van der Waals surface area (Å²) in [5.41, 5.74) is 1.76. The molecule has 3 rings (SSSR count). The monoisotopic (exact) mass is 298 g/mol. The van der Waals surface area contributed by atoms with Gasteiger partial charge in [-0.25, -0.2) is 9.78 Å². The van der Waals surface area contributed by atoms with E-state index in [0.29, 0.717) is 18.2 Å². The van der Waals surface area contributed by atoms with Crippen LogP contribution in [0.4, 0.5) is 0 Å².